The summed E-state index contributed by atoms with van der Waals surface area (Å²) in [5, 5.41) is 14.1. The zero-order valence-corrected chi connectivity index (χ0v) is 12.1. The van der Waals surface area contributed by atoms with E-state index in [1.165, 1.54) is 33.1 Å². The molecular weight excluding hydrogens is 276 g/mol. The smallest absolute Gasteiger partial charge is 0.335 e. The van der Waals surface area contributed by atoms with Gasteiger partial charge in [0.1, 0.15) is 6.04 Å². The van der Waals surface area contributed by atoms with Crippen molar-refractivity contribution >= 4 is 23.5 Å². The van der Waals surface area contributed by atoms with Gasteiger partial charge in [0.15, 0.2) is 0 Å². The molecule has 114 valence electrons. The van der Waals surface area contributed by atoms with Crippen LogP contribution in [0.5, 0.6) is 0 Å². The van der Waals surface area contributed by atoms with Gasteiger partial charge in [-0.2, -0.15) is 0 Å². The predicted octanol–water partition coefficient (Wildman–Crippen LogP) is 0.994. The summed E-state index contributed by atoms with van der Waals surface area (Å²) in [6.07, 6.45) is 0. The monoisotopic (exact) mass is 294 g/mol. The van der Waals surface area contributed by atoms with Gasteiger partial charge in [-0.3, -0.25) is 9.59 Å². The summed E-state index contributed by atoms with van der Waals surface area (Å²) >= 11 is 0. The van der Waals surface area contributed by atoms with Crippen LogP contribution in [0.3, 0.4) is 0 Å². The van der Waals surface area contributed by atoms with Crippen molar-refractivity contribution in [1.82, 2.24) is 5.32 Å². The third kappa shape index (κ3) is 5.23. The first-order chi connectivity index (χ1) is 9.83. The summed E-state index contributed by atoms with van der Waals surface area (Å²) in [5.41, 5.74) is 1.01. The lowest BCUT2D eigenvalue weighted by Crippen LogP contribution is -2.40. The lowest BCUT2D eigenvalue weighted by Gasteiger charge is -2.14. The van der Waals surface area contributed by atoms with Crippen molar-refractivity contribution < 1.29 is 24.2 Å². The van der Waals surface area contributed by atoms with Gasteiger partial charge in [0, 0.05) is 19.7 Å². The number of amides is 2. The van der Waals surface area contributed by atoms with E-state index in [4.69, 9.17) is 9.84 Å². The molecule has 1 rings (SSSR count). The zero-order valence-electron chi connectivity index (χ0n) is 12.1. The number of carbonyl (C=O) groups excluding carboxylic acids is 2. The van der Waals surface area contributed by atoms with Crippen LogP contribution in [-0.4, -0.2) is 36.0 Å². The minimum atomic E-state index is -1.10. The molecule has 1 atom stereocenters. The van der Waals surface area contributed by atoms with Gasteiger partial charge in [0.2, 0.25) is 11.8 Å². The van der Waals surface area contributed by atoms with Crippen molar-refractivity contribution in [3.8, 4) is 0 Å². The second-order valence-corrected chi connectivity index (χ2v) is 4.57. The van der Waals surface area contributed by atoms with E-state index in [1.54, 1.807) is 6.07 Å². The molecule has 0 saturated heterocycles. The van der Waals surface area contributed by atoms with Crippen LogP contribution >= 0.6 is 0 Å². The molecule has 7 heteroatoms. The van der Waals surface area contributed by atoms with E-state index in [-0.39, 0.29) is 18.1 Å². The van der Waals surface area contributed by atoms with Gasteiger partial charge >= 0.3 is 5.97 Å². The molecule has 0 fully saturated rings. The Kier molecular flexibility index (Phi) is 5.86. The average Bonchev–Trinajstić information content (AvgIpc) is 2.37. The number of hydrogen-bond acceptors (Lipinski definition) is 4. The number of carboxylic acids is 1. The Balaban J connectivity index is 2.93. The zero-order chi connectivity index (χ0) is 16.0. The Labute approximate surface area is 122 Å². The molecule has 0 bridgehead atoms. The maximum Gasteiger partial charge on any atom is 0.335 e. The minimum Gasteiger partial charge on any atom is -0.478 e. The Bertz CT molecular complexity index is 556. The van der Waals surface area contributed by atoms with Gasteiger partial charge < -0.3 is 20.5 Å². The van der Waals surface area contributed by atoms with Crippen LogP contribution in [0, 0.1) is 0 Å². The lowest BCUT2D eigenvalue weighted by atomic mass is 10.1. The average molecular weight is 294 g/mol. The quantitative estimate of drug-likeness (QED) is 0.726. The minimum absolute atomic E-state index is 0.0482. The summed E-state index contributed by atoms with van der Waals surface area (Å²) in [4.78, 5) is 33.9. The summed E-state index contributed by atoms with van der Waals surface area (Å²) in [6, 6.07) is 3.72. The molecule has 1 unspecified atom stereocenters. The Morgan fingerprint density at radius 3 is 2.48 bits per heavy atom. The van der Waals surface area contributed by atoms with Crippen molar-refractivity contribution in [1.29, 1.82) is 0 Å². The molecule has 21 heavy (non-hydrogen) atoms. The van der Waals surface area contributed by atoms with Crippen LogP contribution < -0.4 is 10.6 Å². The number of carbonyl (C=O) groups is 3. The highest BCUT2D eigenvalue weighted by atomic mass is 16.5. The third-order valence-corrected chi connectivity index (χ3v) is 2.63. The fourth-order valence-electron chi connectivity index (χ4n) is 1.76. The number of rotatable bonds is 6. The van der Waals surface area contributed by atoms with Crippen molar-refractivity contribution in [2.45, 2.75) is 26.5 Å². The van der Waals surface area contributed by atoms with E-state index in [2.05, 4.69) is 10.6 Å². The molecule has 0 aliphatic heterocycles. The fourth-order valence-corrected chi connectivity index (χ4v) is 1.76. The molecule has 0 aromatic heterocycles. The SMILES string of the molecule is COCc1cc(NC(=O)C(C)NC(C)=O)cc(C(=O)O)c1. The first-order valence-electron chi connectivity index (χ1n) is 6.27. The summed E-state index contributed by atoms with van der Waals surface area (Å²) in [6.45, 7) is 3.07. The molecule has 2 amide bonds. The van der Waals surface area contributed by atoms with Gasteiger partial charge in [-0.1, -0.05) is 0 Å². The second kappa shape index (κ2) is 7.39. The topological polar surface area (TPSA) is 105 Å². The largest absolute Gasteiger partial charge is 0.478 e. The highest BCUT2D eigenvalue weighted by molar-refractivity contribution is 5.98. The number of ether oxygens (including phenoxy) is 1. The van der Waals surface area contributed by atoms with Crippen LogP contribution in [0.4, 0.5) is 5.69 Å². The van der Waals surface area contributed by atoms with E-state index in [9.17, 15) is 14.4 Å². The number of anilines is 1. The van der Waals surface area contributed by atoms with E-state index >= 15 is 0 Å². The number of methoxy groups -OCH3 is 1. The van der Waals surface area contributed by atoms with Crippen LogP contribution in [-0.2, 0) is 20.9 Å². The van der Waals surface area contributed by atoms with Gasteiger partial charge in [0.05, 0.1) is 12.2 Å². The van der Waals surface area contributed by atoms with E-state index in [0.717, 1.165) is 0 Å². The number of benzene rings is 1. The van der Waals surface area contributed by atoms with Crippen molar-refractivity contribution in [2.75, 3.05) is 12.4 Å². The Morgan fingerprint density at radius 2 is 1.95 bits per heavy atom. The van der Waals surface area contributed by atoms with Crippen molar-refractivity contribution in [2.24, 2.45) is 0 Å². The molecule has 1 aromatic rings. The summed E-state index contributed by atoms with van der Waals surface area (Å²) in [7, 11) is 1.49. The molecule has 0 spiro atoms. The molecule has 0 radical (unpaired) electrons. The van der Waals surface area contributed by atoms with E-state index in [1.807, 2.05) is 0 Å². The molecule has 3 N–H and O–H groups in total. The van der Waals surface area contributed by atoms with Crippen LogP contribution in [0.2, 0.25) is 0 Å². The van der Waals surface area contributed by atoms with Crippen LogP contribution in [0.1, 0.15) is 29.8 Å². The second-order valence-electron chi connectivity index (χ2n) is 4.57. The molecular formula is C14H18N2O5. The third-order valence-electron chi connectivity index (χ3n) is 2.63. The molecule has 1 aromatic carbocycles. The summed E-state index contributed by atoms with van der Waals surface area (Å²) < 4.78 is 4.96. The molecule has 0 aliphatic carbocycles. The first-order valence-corrected chi connectivity index (χ1v) is 6.27. The highest BCUT2D eigenvalue weighted by Gasteiger charge is 2.15. The molecule has 0 aliphatic rings. The molecule has 0 heterocycles. The fraction of sp³-hybridized carbons (Fsp3) is 0.357. The van der Waals surface area contributed by atoms with Crippen LogP contribution in [0.25, 0.3) is 0 Å². The normalized spacial score (nSPS) is 11.6. The van der Waals surface area contributed by atoms with Gasteiger partial charge in [-0.25, -0.2) is 4.79 Å². The van der Waals surface area contributed by atoms with Gasteiger partial charge in [-0.05, 0) is 30.7 Å². The van der Waals surface area contributed by atoms with Gasteiger partial charge in [-0.15, -0.1) is 0 Å². The maximum atomic E-state index is 11.9. The number of nitrogens with one attached hydrogen (secondary N) is 2. The van der Waals surface area contributed by atoms with Crippen molar-refractivity contribution in [3.63, 3.8) is 0 Å². The lowest BCUT2D eigenvalue weighted by molar-refractivity contribution is -0.124. The molecule has 7 nitrogen and oxygen atoms in total. The summed E-state index contributed by atoms with van der Waals surface area (Å²) in [5.74, 6) is -1.86. The Hall–Kier alpha value is -2.41. The highest BCUT2D eigenvalue weighted by Crippen LogP contribution is 2.16. The van der Waals surface area contributed by atoms with E-state index in [0.29, 0.717) is 11.3 Å². The number of hydrogen-bond donors (Lipinski definition) is 3. The molecule has 0 saturated carbocycles. The maximum absolute atomic E-state index is 11.9. The van der Waals surface area contributed by atoms with E-state index < -0.39 is 17.9 Å². The standard InChI is InChI=1S/C14H18N2O5/c1-8(15-9(2)17)13(18)16-12-5-10(7-21-3)4-11(6-12)14(19)20/h4-6,8H,7H2,1-3H3,(H,15,17)(H,16,18)(H,19,20). The van der Waals surface area contributed by atoms with Gasteiger partial charge in [0.25, 0.3) is 0 Å². The van der Waals surface area contributed by atoms with Crippen molar-refractivity contribution in [3.05, 3.63) is 29.3 Å². The Morgan fingerprint density at radius 1 is 1.29 bits per heavy atom. The predicted molar refractivity (Wildman–Crippen MR) is 76.0 cm³/mol. The van der Waals surface area contributed by atoms with Crippen LogP contribution in [0.15, 0.2) is 18.2 Å². The number of aromatic carboxylic acids is 1. The first kappa shape index (κ1) is 16.6. The number of carboxylic acid groups (broad SMARTS) is 1.